The van der Waals surface area contributed by atoms with E-state index in [1.807, 2.05) is 16.8 Å². The van der Waals surface area contributed by atoms with Crippen LogP contribution in [0.15, 0.2) is 41.2 Å². The second-order valence-electron chi connectivity index (χ2n) is 10.8. The van der Waals surface area contributed by atoms with E-state index in [4.69, 9.17) is 0 Å². The lowest BCUT2D eigenvalue weighted by Crippen LogP contribution is -2.30. The lowest BCUT2D eigenvalue weighted by molar-refractivity contribution is 0.103. The van der Waals surface area contributed by atoms with E-state index < -0.39 is 11.4 Å². The van der Waals surface area contributed by atoms with E-state index in [2.05, 4.69) is 51.7 Å². The fraction of sp³-hybridized carbons (Fsp3) is 0.333. The molecule has 1 amide bonds. The summed E-state index contributed by atoms with van der Waals surface area (Å²) in [6, 6.07) is 9.78. The van der Waals surface area contributed by atoms with Gasteiger partial charge >= 0.3 is 0 Å². The van der Waals surface area contributed by atoms with Gasteiger partial charge in [-0.3, -0.25) is 19.2 Å². The van der Waals surface area contributed by atoms with Crippen LogP contribution in [0.1, 0.15) is 39.7 Å². The molecule has 0 saturated heterocycles. The quantitative estimate of drug-likeness (QED) is 0.351. The Balaban J connectivity index is 1.22. The van der Waals surface area contributed by atoms with Crippen LogP contribution in [0, 0.1) is 11.2 Å². The van der Waals surface area contributed by atoms with Crippen LogP contribution in [0.5, 0.6) is 0 Å². The number of aromatic amines is 1. The van der Waals surface area contributed by atoms with Crippen molar-refractivity contribution in [1.29, 1.82) is 0 Å². The summed E-state index contributed by atoms with van der Waals surface area (Å²) in [5.41, 5.74) is 3.35. The van der Waals surface area contributed by atoms with Crippen LogP contribution >= 0.6 is 11.3 Å². The van der Waals surface area contributed by atoms with Crippen molar-refractivity contribution in [3.05, 3.63) is 73.6 Å². The minimum Gasteiger partial charge on any atom is -0.334 e. The van der Waals surface area contributed by atoms with Crippen molar-refractivity contribution >= 4 is 34.4 Å². The number of carbonyl (C=O) groups is 1. The molecule has 11 heteroatoms. The molecule has 4 heterocycles. The van der Waals surface area contributed by atoms with Crippen molar-refractivity contribution in [2.24, 2.45) is 5.41 Å². The highest BCUT2D eigenvalue weighted by Gasteiger charge is 2.31. The van der Waals surface area contributed by atoms with Crippen LogP contribution in [-0.4, -0.2) is 44.4 Å². The Bertz CT molecular complexity index is 1590. The summed E-state index contributed by atoms with van der Waals surface area (Å²) in [7, 11) is 2.05. The van der Waals surface area contributed by atoms with Gasteiger partial charge in [0.25, 0.3) is 11.5 Å². The van der Waals surface area contributed by atoms with Crippen LogP contribution in [0.3, 0.4) is 0 Å². The van der Waals surface area contributed by atoms with E-state index in [9.17, 15) is 14.0 Å². The molecule has 38 heavy (non-hydrogen) atoms. The Kier molecular flexibility index (Phi) is 5.92. The van der Waals surface area contributed by atoms with Crippen molar-refractivity contribution in [3.63, 3.8) is 0 Å². The molecule has 0 spiro atoms. The molecule has 4 aromatic rings. The fourth-order valence-electron chi connectivity index (χ4n) is 5.10. The maximum absolute atomic E-state index is 14.7. The zero-order valence-corrected chi connectivity index (χ0v) is 22.2. The van der Waals surface area contributed by atoms with E-state index in [0.717, 1.165) is 38.2 Å². The highest BCUT2D eigenvalue weighted by atomic mass is 32.1. The number of aromatic nitrogens is 4. The average molecular weight is 534 g/mol. The third-order valence-electron chi connectivity index (χ3n) is 6.99. The summed E-state index contributed by atoms with van der Waals surface area (Å²) >= 11 is 1.47. The number of fused-ring (bicyclic) bond motifs is 2. The Morgan fingerprint density at radius 2 is 1.97 bits per heavy atom. The molecule has 1 aliphatic heterocycles. The van der Waals surface area contributed by atoms with E-state index in [1.54, 1.807) is 12.1 Å². The molecular formula is C27H28FN7O2S. The molecule has 6 rings (SSSR count). The van der Waals surface area contributed by atoms with Crippen molar-refractivity contribution in [2.75, 3.05) is 24.2 Å². The lowest BCUT2D eigenvalue weighted by atomic mass is 9.91. The van der Waals surface area contributed by atoms with Gasteiger partial charge in [-0.25, -0.2) is 9.49 Å². The van der Waals surface area contributed by atoms with Gasteiger partial charge in [-0.1, -0.05) is 13.8 Å². The van der Waals surface area contributed by atoms with Gasteiger partial charge < -0.3 is 10.6 Å². The van der Waals surface area contributed by atoms with E-state index in [0.29, 0.717) is 22.0 Å². The lowest BCUT2D eigenvalue weighted by Gasteiger charge is -2.22. The van der Waals surface area contributed by atoms with Crippen LogP contribution in [-0.2, 0) is 25.9 Å². The molecule has 0 fully saturated rings. The summed E-state index contributed by atoms with van der Waals surface area (Å²) in [5.74, 6) is -0.329. The molecule has 0 unspecified atom stereocenters. The zero-order chi connectivity index (χ0) is 26.6. The summed E-state index contributed by atoms with van der Waals surface area (Å²) < 4.78 is 16.6. The monoisotopic (exact) mass is 533 g/mol. The standard InChI is InChI=1S/C27H28FN7O2S/c1-27(2)12-16-9-22(38-23(16)13-27)26(37)30-20-8-15(4-5-18(20)28)19-11-21(25(36)32-31-19)29-24-10-17-14-34(3)6-7-35(17)33-24/h4-5,8-11H,6-7,12-14H2,1-3H3,(H,30,37)(H,32,36)(H,29,31,33). The second kappa shape index (κ2) is 9.17. The number of amides is 1. The second-order valence-corrected chi connectivity index (χ2v) is 12.0. The topological polar surface area (TPSA) is 108 Å². The Morgan fingerprint density at radius 1 is 1.13 bits per heavy atom. The smallest absolute Gasteiger partial charge is 0.287 e. The Labute approximate surface area is 222 Å². The number of halogens is 1. The molecular weight excluding hydrogens is 505 g/mol. The number of carbonyl (C=O) groups excluding carboxylic acids is 1. The molecule has 2 aliphatic rings. The van der Waals surface area contributed by atoms with Crippen molar-refractivity contribution in [2.45, 2.75) is 39.8 Å². The molecule has 196 valence electrons. The number of hydrogen-bond donors (Lipinski definition) is 3. The summed E-state index contributed by atoms with van der Waals surface area (Å²) in [6.45, 7) is 6.90. The zero-order valence-electron chi connectivity index (χ0n) is 21.4. The summed E-state index contributed by atoms with van der Waals surface area (Å²) in [6.07, 6.45) is 1.87. The first-order valence-corrected chi connectivity index (χ1v) is 13.3. The number of nitrogens with one attached hydrogen (secondary N) is 3. The van der Waals surface area contributed by atoms with E-state index in [-0.39, 0.29) is 22.7 Å². The highest BCUT2D eigenvalue weighted by Crippen LogP contribution is 2.41. The molecule has 0 radical (unpaired) electrons. The predicted molar refractivity (Wildman–Crippen MR) is 146 cm³/mol. The first-order chi connectivity index (χ1) is 18.1. The number of rotatable bonds is 5. The molecule has 0 bridgehead atoms. The number of anilines is 3. The van der Waals surface area contributed by atoms with Crippen LogP contribution < -0.4 is 16.2 Å². The minimum atomic E-state index is -0.552. The van der Waals surface area contributed by atoms with Crippen molar-refractivity contribution in [3.8, 4) is 11.3 Å². The number of benzene rings is 1. The van der Waals surface area contributed by atoms with E-state index >= 15 is 0 Å². The van der Waals surface area contributed by atoms with Gasteiger partial charge in [-0.2, -0.15) is 10.2 Å². The van der Waals surface area contributed by atoms with Crippen molar-refractivity contribution in [1.82, 2.24) is 24.9 Å². The predicted octanol–water partition coefficient (Wildman–Crippen LogP) is 4.40. The molecule has 1 aliphatic carbocycles. The fourth-order valence-corrected chi connectivity index (χ4v) is 6.43. The summed E-state index contributed by atoms with van der Waals surface area (Å²) in [4.78, 5) is 29.4. The molecule has 3 N–H and O–H groups in total. The molecule has 1 aromatic carbocycles. The number of hydrogen-bond acceptors (Lipinski definition) is 7. The van der Waals surface area contributed by atoms with Gasteiger partial charge in [0.2, 0.25) is 0 Å². The van der Waals surface area contributed by atoms with Gasteiger partial charge in [-0.05, 0) is 61.2 Å². The maximum atomic E-state index is 14.7. The first kappa shape index (κ1) is 24.5. The van der Waals surface area contributed by atoms with Crippen LogP contribution in [0.2, 0.25) is 0 Å². The van der Waals surface area contributed by atoms with Gasteiger partial charge in [0, 0.05) is 29.6 Å². The summed E-state index contributed by atoms with van der Waals surface area (Å²) in [5, 5.41) is 17.0. The number of nitrogens with zero attached hydrogens (tertiary/aromatic N) is 4. The third kappa shape index (κ3) is 4.74. The number of likely N-dealkylation sites (N-methyl/N-ethyl adjacent to an activating group) is 1. The highest BCUT2D eigenvalue weighted by molar-refractivity contribution is 7.14. The third-order valence-corrected chi connectivity index (χ3v) is 8.17. The maximum Gasteiger partial charge on any atom is 0.287 e. The molecule has 3 aromatic heterocycles. The SMILES string of the molecule is CN1CCn2nc(Nc3cc(-c4ccc(F)c(NC(=O)c5cc6c(s5)CC(C)(C)C6)c4)n[nH]c3=O)cc2C1. The normalized spacial score (nSPS) is 16.2. The van der Waals surface area contributed by atoms with E-state index in [1.165, 1.54) is 33.9 Å². The van der Waals surface area contributed by atoms with Crippen LogP contribution in [0.4, 0.5) is 21.6 Å². The molecule has 0 atom stereocenters. The van der Waals surface area contributed by atoms with Gasteiger partial charge in [0.15, 0.2) is 5.82 Å². The van der Waals surface area contributed by atoms with Gasteiger partial charge in [0.05, 0.1) is 28.5 Å². The van der Waals surface area contributed by atoms with Crippen molar-refractivity contribution < 1.29 is 9.18 Å². The molecule has 9 nitrogen and oxygen atoms in total. The molecule has 0 saturated carbocycles. The Hall–Kier alpha value is -3.83. The van der Waals surface area contributed by atoms with Gasteiger partial charge in [-0.15, -0.1) is 11.3 Å². The first-order valence-electron chi connectivity index (χ1n) is 12.5. The van der Waals surface area contributed by atoms with Gasteiger partial charge in [0.1, 0.15) is 11.5 Å². The average Bonchev–Trinajstić information content (AvgIpc) is 3.51. The number of thiophene rings is 1. The Morgan fingerprint density at radius 3 is 2.79 bits per heavy atom. The van der Waals surface area contributed by atoms with Crippen LogP contribution in [0.25, 0.3) is 11.3 Å². The number of H-pyrrole nitrogens is 1. The largest absolute Gasteiger partial charge is 0.334 e. The minimum absolute atomic E-state index is 0.0507.